The maximum atomic E-state index is 5.32. The first-order valence-electron chi connectivity index (χ1n) is 7.24. The van der Waals surface area contributed by atoms with Gasteiger partial charge in [0.05, 0.1) is 18.5 Å². The molecule has 0 saturated carbocycles. The molecule has 2 nitrogen and oxygen atoms in total. The number of benzene rings is 1. The lowest BCUT2D eigenvalue weighted by atomic mass is 9.96. The molecule has 1 aromatic rings. The highest BCUT2D eigenvalue weighted by atomic mass is 32.2. The molecule has 0 amide bonds. The fourth-order valence-electron chi connectivity index (χ4n) is 2.44. The summed E-state index contributed by atoms with van der Waals surface area (Å²) in [6.07, 6.45) is 0. The molecule has 1 aliphatic rings. The zero-order chi connectivity index (χ0) is 13.7. The van der Waals surface area contributed by atoms with E-state index in [9.17, 15) is 0 Å². The molecule has 1 aromatic carbocycles. The Morgan fingerprint density at radius 1 is 1.26 bits per heavy atom. The molecule has 1 N–H and O–H groups in total. The molecule has 1 saturated heterocycles. The fraction of sp³-hybridized carbons (Fsp3) is 0.625. The Morgan fingerprint density at radius 3 is 2.42 bits per heavy atom. The summed E-state index contributed by atoms with van der Waals surface area (Å²) in [7, 11) is 0. The predicted molar refractivity (Wildman–Crippen MR) is 83.7 cm³/mol. The van der Waals surface area contributed by atoms with Gasteiger partial charge in [-0.25, -0.2) is 0 Å². The first kappa shape index (κ1) is 14.9. The Kier molecular flexibility index (Phi) is 5.74. The van der Waals surface area contributed by atoms with Crippen molar-refractivity contribution in [2.45, 2.75) is 37.3 Å². The van der Waals surface area contributed by atoms with E-state index in [4.69, 9.17) is 4.74 Å². The van der Waals surface area contributed by atoms with E-state index in [-0.39, 0.29) is 0 Å². The van der Waals surface area contributed by atoms with Crippen LogP contribution in [0.25, 0.3) is 0 Å². The average Bonchev–Trinajstić information content (AvgIpc) is 2.36. The molecular formula is C16H25NOS. The highest BCUT2D eigenvalue weighted by Crippen LogP contribution is 2.36. The lowest BCUT2D eigenvalue weighted by molar-refractivity contribution is 0.0450. The first-order chi connectivity index (χ1) is 9.22. The minimum Gasteiger partial charge on any atom is -0.379 e. The van der Waals surface area contributed by atoms with Gasteiger partial charge in [0.15, 0.2) is 0 Å². The van der Waals surface area contributed by atoms with Crippen LogP contribution in [0.5, 0.6) is 0 Å². The van der Waals surface area contributed by atoms with Gasteiger partial charge in [0.2, 0.25) is 0 Å². The van der Waals surface area contributed by atoms with Crippen LogP contribution in [0, 0.1) is 5.92 Å². The summed E-state index contributed by atoms with van der Waals surface area (Å²) in [4.78, 5) is 0. The quantitative estimate of drug-likeness (QED) is 0.825. The van der Waals surface area contributed by atoms with Gasteiger partial charge >= 0.3 is 0 Å². The zero-order valence-corrected chi connectivity index (χ0v) is 13.0. The maximum absolute atomic E-state index is 5.32. The summed E-state index contributed by atoms with van der Waals surface area (Å²) >= 11 is 2.09. The van der Waals surface area contributed by atoms with Gasteiger partial charge in [-0.3, -0.25) is 0 Å². The molecule has 0 aromatic heterocycles. The average molecular weight is 279 g/mol. The summed E-state index contributed by atoms with van der Waals surface area (Å²) in [6, 6.07) is 11.3. The van der Waals surface area contributed by atoms with Gasteiger partial charge in [0.1, 0.15) is 0 Å². The van der Waals surface area contributed by atoms with E-state index in [0.29, 0.717) is 22.5 Å². The lowest BCUT2D eigenvalue weighted by Gasteiger charge is -2.36. The topological polar surface area (TPSA) is 21.3 Å². The molecule has 0 aliphatic carbocycles. The number of ether oxygens (including phenoxy) is 1. The van der Waals surface area contributed by atoms with Crippen LogP contribution in [0.3, 0.4) is 0 Å². The normalized spacial score (nSPS) is 19.2. The highest BCUT2D eigenvalue weighted by molar-refractivity contribution is 8.00. The molecule has 19 heavy (non-hydrogen) atoms. The number of rotatable bonds is 7. The number of nitrogens with one attached hydrogen (secondary N) is 1. The van der Waals surface area contributed by atoms with Crippen molar-refractivity contribution in [1.82, 2.24) is 5.32 Å². The van der Waals surface area contributed by atoms with Crippen LogP contribution >= 0.6 is 11.8 Å². The molecule has 3 heteroatoms. The van der Waals surface area contributed by atoms with Crippen molar-refractivity contribution in [1.29, 1.82) is 0 Å². The second kappa shape index (κ2) is 7.32. The van der Waals surface area contributed by atoms with Crippen LogP contribution in [0.15, 0.2) is 30.3 Å². The monoisotopic (exact) mass is 279 g/mol. The van der Waals surface area contributed by atoms with Gasteiger partial charge < -0.3 is 10.1 Å². The summed E-state index contributed by atoms with van der Waals surface area (Å²) in [5.41, 5.74) is 1.40. The molecule has 0 bridgehead atoms. The second-order valence-electron chi connectivity index (χ2n) is 5.45. The van der Waals surface area contributed by atoms with Gasteiger partial charge in [0.25, 0.3) is 0 Å². The molecule has 1 fully saturated rings. The van der Waals surface area contributed by atoms with E-state index in [1.54, 1.807) is 0 Å². The summed E-state index contributed by atoms with van der Waals surface area (Å²) in [5.74, 6) is 0.648. The lowest BCUT2D eigenvalue weighted by Crippen LogP contribution is -2.39. The number of hydrogen-bond donors (Lipinski definition) is 1. The van der Waals surface area contributed by atoms with Crippen LogP contribution < -0.4 is 5.32 Å². The fourth-order valence-corrected chi connectivity index (χ4v) is 3.96. The number of hydrogen-bond acceptors (Lipinski definition) is 3. The standard InChI is InChI=1S/C16H25NOS/c1-4-17-15(13-8-6-5-7-9-13)16(12(2)3)19-14-10-18-11-14/h5-9,12,14-17H,4,10-11H2,1-3H3. The summed E-state index contributed by atoms with van der Waals surface area (Å²) < 4.78 is 5.32. The second-order valence-corrected chi connectivity index (χ2v) is 6.93. The zero-order valence-electron chi connectivity index (χ0n) is 12.1. The largest absolute Gasteiger partial charge is 0.379 e. The Labute approximate surface area is 121 Å². The SMILES string of the molecule is CCNC(c1ccccc1)C(SC1COC1)C(C)C. The van der Waals surface area contributed by atoms with E-state index in [0.717, 1.165) is 19.8 Å². The van der Waals surface area contributed by atoms with Crippen LogP contribution in [0.4, 0.5) is 0 Å². The Hall–Kier alpha value is -0.510. The van der Waals surface area contributed by atoms with Gasteiger partial charge in [-0.05, 0) is 18.0 Å². The number of thioether (sulfide) groups is 1. The summed E-state index contributed by atoms with van der Waals surface area (Å²) in [6.45, 7) is 9.67. The van der Waals surface area contributed by atoms with Crippen LogP contribution in [-0.2, 0) is 4.74 Å². The van der Waals surface area contributed by atoms with Crippen LogP contribution in [0.1, 0.15) is 32.4 Å². The Morgan fingerprint density at radius 2 is 1.95 bits per heavy atom. The predicted octanol–water partition coefficient (Wildman–Crippen LogP) is 3.49. The van der Waals surface area contributed by atoms with E-state index in [1.165, 1.54) is 5.56 Å². The van der Waals surface area contributed by atoms with Crippen molar-refractivity contribution in [3.05, 3.63) is 35.9 Å². The van der Waals surface area contributed by atoms with Crippen molar-refractivity contribution in [2.75, 3.05) is 19.8 Å². The van der Waals surface area contributed by atoms with Gasteiger partial charge in [0, 0.05) is 11.3 Å². The molecule has 106 valence electrons. The van der Waals surface area contributed by atoms with E-state index < -0.39 is 0 Å². The molecular weight excluding hydrogens is 254 g/mol. The molecule has 0 radical (unpaired) electrons. The molecule has 0 spiro atoms. The van der Waals surface area contributed by atoms with Crippen LogP contribution in [0.2, 0.25) is 0 Å². The third kappa shape index (κ3) is 3.98. The smallest absolute Gasteiger partial charge is 0.0608 e. The van der Waals surface area contributed by atoms with E-state index >= 15 is 0 Å². The third-order valence-electron chi connectivity index (χ3n) is 3.53. The van der Waals surface area contributed by atoms with E-state index in [1.807, 2.05) is 0 Å². The van der Waals surface area contributed by atoms with Crippen LogP contribution in [-0.4, -0.2) is 30.3 Å². The molecule has 1 aliphatic heterocycles. The minimum absolute atomic E-state index is 0.428. The van der Waals surface area contributed by atoms with Gasteiger partial charge in [-0.2, -0.15) is 0 Å². The Balaban J connectivity index is 2.13. The van der Waals surface area contributed by atoms with Gasteiger partial charge in [-0.1, -0.05) is 51.1 Å². The van der Waals surface area contributed by atoms with E-state index in [2.05, 4.69) is 68.2 Å². The van der Waals surface area contributed by atoms with Crippen molar-refractivity contribution < 1.29 is 4.74 Å². The van der Waals surface area contributed by atoms with Gasteiger partial charge in [-0.15, -0.1) is 11.8 Å². The van der Waals surface area contributed by atoms with Crippen molar-refractivity contribution in [3.8, 4) is 0 Å². The highest BCUT2D eigenvalue weighted by Gasteiger charge is 2.31. The molecule has 1 heterocycles. The molecule has 2 unspecified atom stereocenters. The van der Waals surface area contributed by atoms with Crippen molar-refractivity contribution in [3.63, 3.8) is 0 Å². The first-order valence-corrected chi connectivity index (χ1v) is 8.18. The third-order valence-corrected chi connectivity index (χ3v) is 5.31. The molecule has 2 rings (SSSR count). The Bertz CT molecular complexity index is 364. The van der Waals surface area contributed by atoms with Crippen molar-refractivity contribution >= 4 is 11.8 Å². The summed E-state index contributed by atoms with van der Waals surface area (Å²) in [5, 5.41) is 4.94. The minimum atomic E-state index is 0.428. The molecule has 2 atom stereocenters. The maximum Gasteiger partial charge on any atom is 0.0608 e. The van der Waals surface area contributed by atoms with Crippen molar-refractivity contribution in [2.24, 2.45) is 5.92 Å².